The Bertz CT molecular complexity index is 602. The maximum atomic E-state index is 13.1. The number of rotatable bonds is 2. The largest absolute Gasteiger partial charge is 0.433 e. The lowest BCUT2D eigenvalue weighted by molar-refractivity contribution is -0.143. The Kier molecular flexibility index (Phi) is 3.58. The number of aryl methyl sites for hydroxylation is 1. The summed E-state index contributed by atoms with van der Waals surface area (Å²) in [7, 11) is 0. The molecule has 2 rings (SSSR count). The first-order valence-electron chi connectivity index (χ1n) is 5.63. The molecule has 0 unspecified atom stereocenters. The van der Waals surface area contributed by atoms with Gasteiger partial charge in [-0.25, -0.2) is 4.68 Å². The highest BCUT2D eigenvalue weighted by molar-refractivity contribution is 6.17. The summed E-state index contributed by atoms with van der Waals surface area (Å²) >= 11 is 5.56. The fourth-order valence-corrected chi connectivity index (χ4v) is 2.13. The Morgan fingerprint density at radius 1 is 1.26 bits per heavy atom. The highest BCUT2D eigenvalue weighted by atomic mass is 35.5. The van der Waals surface area contributed by atoms with E-state index in [0.717, 1.165) is 22.0 Å². The molecular formula is C13H12ClF3N2. The van der Waals surface area contributed by atoms with Crippen molar-refractivity contribution < 1.29 is 13.2 Å². The van der Waals surface area contributed by atoms with Crippen molar-refractivity contribution in [2.75, 3.05) is 0 Å². The van der Waals surface area contributed by atoms with Gasteiger partial charge in [0.2, 0.25) is 0 Å². The minimum Gasteiger partial charge on any atom is -0.228 e. The maximum absolute atomic E-state index is 13.1. The third-order valence-corrected chi connectivity index (χ3v) is 3.35. The number of benzene rings is 1. The molecular weight excluding hydrogens is 277 g/mol. The molecule has 0 atom stereocenters. The number of hydrogen-bond donors (Lipinski definition) is 0. The zero-order valence-electron chi connectivity index (χ0n) is 10.4. The van der Waals surface area contributed by atoms with Crippen LogP contribution in [0.3, 0.4) is 0 Å². The van der Waals surface area contributed by atoms with E-state index in [1.165, 1.54) is 0 Å². The molecule has 0 fully saturated rings. The molecule has 1 aromatic carbocycles. The van der Waals surface area contributed by atoms with E-state index in [0.29, 0.717) is 5.69 Å². The van der Waals surface area contributed by atoms with Crippen molar-refractivity contribution in [1.82, 2.24) is 9.78 Å². The Labute approximate surface area is 113 Å². The zero-order chi connectivity index (χ0) is 14.2. The number of halogens is 4. The summed E-state index contributed by atoms with van der Waals surface area (Å²) in [5.74, 6) is -0.223. The SMILES string of the molecule is Cc1cccc(-n2ncc(CCl)c2C(F)(F)F)c1C. The van der Waals surface area contributed by atoms with Gasteiger partial charge in [0.25, 0.3) is 0 Å². The van der Waals surface area contributed by atoms with Crippen LogP contribution in [0.5, 0.6) is 0 Å². The second-order valence-corrected chi connectivity index (χ2v) is 4.55. The van der Waals surface area contributed by atoms with Crippen molar-refractivity contribution in [3.63, 3.8) is 0 Å². The molecule has 1 aromatic heterocycles. The van der Waals surface area contributed by atoms with E-state index >= 15 is 0 Å². The van der Waals surface area contributed by atoms with Crippen LogP contribution in [0.1, 0.15) is 22.4 Å². The van der Waals surface area contributed by atoms with Crippen LogP contribution >= 0.6 is 11.6 Å². The fraction of sp³-hybridized carbons (Fsp3) is 0.308. The van der Waals surface area contributed by atoms with Crippen molar-refractivity contribution in [2.24, 2.45) is 0 Å². The van der Waals surface area contributed by atoms with E-state index in [1.54, 1.807) is 19.1 Å². The average molecular weight is 289 g/mol. The van der Waals surface area contributed by atoms with Crippen LogP contribution in [-0.2, 0) is 12.1 Å². The van der Waals surface area contributed by atoms with E-state index in [9.17, 15) is 13.2 Å². The third-order valence-electron chi connectivity index (χ3n) is 3.06. The monoisotopic (exact) mass is 288 g/mol. The fourth-order valence-electron chi connectivity index (χ4n) is 1.93. The molecule has 0 spiro atoms. The highest BCUT2D eigenvalue weighted by Gasteiger charge is 2.38. The first-order valence-corrected chi connectivity index (χ1v) is 6.16. The molecule has 0 aliphatic heterocycles. The zero-order valence-corrected chi connectivity index (χ0v) is 11.2. The Hall–Kier alpha value is -1.49. The number of hydrogen-bond acceptors (Lipinski definition) is 1. The molecule has 102 valence electrons. The molecule has 0 saturated carbocycles. The lowest BCUT2D eigenvalue weighted by Crippen LogP contribution is -2.16. The summed E-state index contributed by atoms with van der Waals surface area (Å²) in [4.78, 5) is 0. The summed E-state index contributed by atoms with van der Waals surface area (Å²) in [6.45, 7) is 3.62. The average Bonchev–Trinajstić information content (AvgIpc) is 2.76. The van der Waals surface area contributed by atoms with Crippen LogP contribution in [0.4, 0.5) is 13.2 Å². The molecule has 0 amide bonds. The molecule has 1 heterocycles. The Morgan fingerprint density at radius 3 is 2.53 bits per heavy atom. The van der Waals surface area contributed by atoms with Crippen LogP contribution in [0.15, 0.2) is 24.4 Å². The molecule has 0 aliphatic carbocycles. The van der Waals surface area contributed by atoms with Gasteiger partial charge < -0.3 is 0 Å². The highest BCUT2D eigenvalue weighted by Crippen LogP contribution is 2.35. The van der Waals surface area contributed by atoms with Crippen LogP contribution in [0.2, 0.25) is 0 Å². The van der Waals surface area contributed by atoms with Crippen LogP contribution in [-0.4, -0.2) is 9.78 Å². The first-order chi connectivity index (χ1) is 8.86. The van der Waals surface area contributed by atoms with E-state index < -0.39 is 11.9 Å². The van der Waals surface area contributed by atoms with Gasteiger partial charge in [0, 0.05) is 5.56 Å². The second-order valence-electron chi connectivity index (χ2n) is 4.28. The lowest BCUT2D eigenvalue weighted by Gasteiger charge is -2.14. The van der Waals surface area contributed by atoms with Gasteiger partial charge in [-0.1, -0.05) is 12.1 Å². The molecule has 0 bridgehead atoms. The normalized spacial score (nSPS) is 11.9. The molecule has 19 heavy (non-hydrogen) atoms. The predicted octanol–water partition coefficient (Wildman–Crippen LogP) is 4.25. The van der Waals surface area contributed by atoms with Gasteiger partial charge in [0.15, 0.2) is 5.69 Å². The van der Waals surface area contributed by atoms with Gasteiger partial charge in [0.05, 0.1) is 17.8 Å². The number of nitrogens with zero attached hydrogens (tertiary/aromatic N) is 2. The summed E-state index contributed by atoms with van der Waals surface area (Å²) in [6, 6.07) is 5.17. The number of alkyl halides is 4. The molecule has 0 saturated heterocycles. The van der Waals surface area contributed by atoms with Gasteiger partial charge in [0.1, 0.15) is 0 Å². The van der Waals surface area contributed by atoms with Crippen molar-refractivity contribution in [3.05, 3.63) is 46.8 Å². The van der Waals surface area contributed by atoms with E-state index in [-0.39, 0.29) is 11.4 Å². The van der Waals surface area contributed by atoms with Crippen molar-refractivity contribution in [2.45, 2.75) is 25.9 Å². The van der Waals surface area contributed by atoms with Gasteiger partial charge in [-0.05, 0) is 31.0 Å². The van der Waals surface area contributed by atoms with Crippen molar-refractivity contribution in [1.29, 1.82) is 0 Å². The molecule has 2 aromatic rings. The van der Waals surface area contributed by atoms with Crippen LogP contribution in [0, 0.1) is 13.8 Å². The summed E-state index contributed by atoms with van der Waals surface area (Å²) in [6.07, 6.45) is -3.32. The van der Waals surface area contributed by atoms with Gasteiger partial charge in [-0.15, -0.1) is 11.6 Å². The van der Waals surface area contributed by atoms with E-state index in [1.807, 2.05) is 13.0 Å². The Balaban J connectivity index is 2.70. The molecule has 0 aliphatic rings. The van der Waals surface area contributed by atoms with Gasteiger partial charge >= 0.3 is 6.18 Å². The van der Waals surface area contributed by atoms with Crippen molar-refractivity contribution in [3.8, 4) is 5.69 Å². The minimum atomic E-state index is -4.49. The van der Waals surface area contributed by atoms with Gasteiger partial charge in [-0.2, -0.15) is 18.3 Å². The van der Waals surface area contributed by atoms with E-state index in [2.05, 4.69) is 5.10 Å². The maximum Gasteiger partial charge on any atom is 0.433 e. The van der Waals surface area contributed by atoms with Gasteiger partial charge in [-0.3, -0.25) is 0 Å². The lowest BCUT2D eigenvalue weighted by atomic mass is 10.1. The predicted molar refractivity (Wildman–Crippen MR) is 67.6 cm³/mol. The molecule has 0 N–H and O–H groups in total. The molecule has 6 heteroatoms. The quantitative estimate of drug-likeness (QED) is 0.756. The third kappa shape index (κ3) is 2.47. The summed E-state index contributed by atoms with van der Waals surface area (Å²) in [5.41, 5.74) is 1.26. The van der Waals surface area contributed by atoms with Crippen LogP contribution in [0.25, 0.3) is 5.69 Å². The number of aromatic nitrogens is 2. The van der Waals surface area contributed by atoms with E-state index in [4.69, 9.17) is 11.6 Å². The Morgan fingerprint density at radius 2 is 1.95 bits per heavy atom. The smallest absolute Gasteiger partial charge is 0.228 e. The standard InChI is InChI=1S/C13H12ClF3N2/c1-8-4-3-5-11(9(8)2)19-12(13(15,16)17)10(6-14)7-18-19/h3-5,7H,6H2,1-2H3. The second kappa shape index (κ2) is 4.89. The van der Waals surface area contributed by atoms with Crippen LogP contribution < -0.4 is 0 Å². The first kappa shape index (κ1) is 13.9. The topological polar surface area (TPSA) is 17.8 Å². The molecule has 2 nitrogen and oxygen atoms in total. The summed E-state index contributed by atoms with van der Waals surface area (Å²) < 4.78 is 40.3. The van der Waals surface area contributed by atoms with Crippen molar-refractivity contribution >= 4 is 11.6 Å². The minimum absolute atomic E-state index is 0.0185. The summed E-state index contributed by atoms with van der Waals surface area (Å²) in [5, 5.41) is 3.84. The molecule has 0 radical (unpaired) electrons.